The SMILES string of the molecule is CCn1cc(C=O)c(-c2ccc(F)c(F)c2)n1. The van der Waals surface area contributed by atoms with E-state index >= 15 is 0 Å². The van der Waals surface area contributed by atoms with Gasteiger partial charge in [0.25, 0.3) is 0 Å². The quantitative estimate of drug-likeness (QED) is 0.768. The number of carbonyl (C=O) groups is 1. The van der Waals surface area contributed by atoms with Crippen molar-refractivity contribution in [3.63, 3.8) is 0 Å². The number of aromatic nitrogens is 2. The van der Waals surface area contributed by atoms with Crippen LogP contribution in [-0.2, 0) is 6.54 Å². The van der Waals surface area contributed by atoms with Crippen molar-refractivity contribution in [2.24, 2.45) is 0 Å². The number of aryl methyl sites for hydroxylation is 1. The van der Waals surface area contributed by atoms with Gasteiger partial charge in [0.05, 0.1) is 5.56 Å². The van der Waals surface area contributed by atoms with Crippen molar-refractivity contribution in [1.82, 2.24) is 9.78 Å². The maximum absolute atomic E-state index is 13.1. The van der Waals surface area contributed by atoms with Gasteiger partial charge in [-0.2, -0.15) is 5.10 Å². The van der Waals surface area contributed by atoms with E-state index in [0.29, 0.717) is 29.7 Å². The lowest BCUT2D eigenvalue weighted by Crippen LogP contribution is -1.94. The highest BCUT2D eigenvalue weighted by atomic mass is 19.2. The zero-order valence-corrected chi connectivity index (χ0v) is 9.15. The maximum Gasteiger partial charge on any atom is 0.159 e. The van der Waals surface area contributed by atoms with Crippen LogP contribution in [0.15, 0.2) is 24.4 Å². The normalized spacial score (nSPS) is 10.5. The molecule has 0 aliphatic rings. The van der Waals surface area contributed by atoms with Gasteiger partial charge in [-0.05, 0) is 25.1 Å². The molecule has 1 aromatic carbocycles. The van der Waals surface area contributed by atoms with Gasteiger partial charge >= 0.3 is 0 Å². The average Bonchev–Trinajstić information content (AvgIpc) is 2.76. The van der Waals surface area contributed by atoms with Crippen molar-refractivity contribution in [3.8, 4) is 11.3 Å². The smallest absolute Gasteiger partial charge is 0.159 e. The molecule has 0 aliphatic heterocycles. The number of nitrogens with zero attached hydrogens (tertiary/aromatic N) is 2. The molecule has 5 heteroatoms. The average molecular weight is 236 g/mol. The van der Waals surface area contributed by atoms with Gasteiger partial charge in [-0.15, -0.1) is 0 Å². The molecule has 17 heavy (non-hydrogen) atoms. The Morgan fingerprint density at radius 2 is 2.12 bits per heavy atom. The van der Waals surface area contributed by atoms with Gasteiger partial charge in [-0.25, -0.2) is 8.78 Å². The zero-order chi connectivity index (χ0) is 12.4. The second kappa shape index (κ2) is 4.45. The minimum atomic E-state index is -0.953. The topological polar surface area (TPSA) is 34.9 Å². The molecule has 0 bridgehead atoms. The monoisotopic (exact) mass is 236 g/mol. The lowest BCUT2D eigenvalue weighted by atomic mass is 10.1. The van der Waals surface area contributed by atoms with E-state index in [1.807, 2.05) is 6.92 Å². The van der Waals surface area contributed by atoms with E-state index in [1.165, 1.54) is 6.07 Å². The Kier molecular flexibility index (Phi) is 2.99. The van der Waals surface area contributed by atoms with Gasteiger partial charge in [0.1, 0.15) is 5.69 Å². The van der Waals surface area contributed by atoms with E-state index in [-0.39, 0.29) is 0 Å². The van der Waals surface area contributed by atoms with E-state index in [0.717, 1.165) is 12.1 Å². The third-order valence-electron chi connectivity index (χ3n) is 2.43. The van der Waals surface area contributed by atoms with Gasteiger partial charge in [0, 0.05) is 18.3 Å². The Bertz CT molecular complexity index is 564. The maximum atomic E-state index is 13.1. The molecule has 0 unspecified atom stereocenters. The van der Waals surface area contributed by atoms with Crippen LogP contribution >= 0.6 is 0 Å². The van der Waals surface area contributed by atoms with Gasteiger partial charge in [0.2, 0.25) is 0 Å². The Labute approximate surface area is 96.7 Å². The first kappa shape index (κ1) is 11.4. The van der Waals surface area contributed by atoms with Gasteiger partial charge < -0.3 is 0 Å². The summed E-state index contributed by atoms with van der Waals surface area (Å²) in [7, 11) is 0. The lowest BCUT2D eigenvalue weighted by Gasteiger charge is -1.99. The van der Waals surface area contributed by atoms with Crippen molar-refractivity contribution in [2.45, 2.75) is 13.5 Å². The highest BCUT2D eigenvalue weighted by Crippen LogP contribution is 2.22. The fourth-order valence-corrected chi connectivity index (χ4v) is 1.55. The molecule has 0 amide bonds. The molecule has 0 saturated heterocycles. The molecule has 0 saturated carbocycles. The Morgan fingerprint density at radius 3 is 2.71 bits per heavy atom. The molecular weight excluding hydrogens is 226 g/mol. The van der Waals surface area contributed by atoms with Crippen molar-refractivity contribution < 1.29 is 13.6 Å². The predicted molar refractivity (Wildman–Crippen MR) is 58.6 cm³/mol. The summed E-state index contributed by atoms with van der Waals surface area (Å²) in [5.74, 6) is -1.87. The molecule has 0 radical (unpaired) electrons. The fourth-order valence-electron chi connectivity index (χ4n) is 1.55. The van der Waals surface area contributed by atoms with Crippen LogP contribution in [0.4, 0.5) is 8.78 Å². The summed E-state index contributed by atoms with van der Waals surface area (Å²) >= 11 is 0. The van der Waals surface area contributed by atoms with Gasteiger partial charge in [-0.3, -0.25) is 9.48 Å². The van der Waals surface area contributed by atoms with Crippen LogP contribution in [0.2, 0.25) is 0 Å². The molecule has 0 aliphatic carbocycles. The summed E-state index contributed by atoms with van der Waals surface area (Å²) in [5, 5.41) is 4.14. The first-order chi connectivity index (χ1) is 8.15. The van der Waals surface area contributed by atoms with Crippen molar-refractivity contribution in [3.05, 3.63) is 41.6 Å². The van der Waals surface area contributed by atoms with Gasteiger partial charge in [0.15, 0.2) is 17.9 Å². The van der Waals surface area contributed by atoms with Crippen LogP contribution in [0, 0.1) is 11.6 Å². The molecule has 0 fully saturated rings. The highest BCUT2D eigenvalue weighted by Gasteiger charge is 2.12. The van der Waals surface area contributed by atoms with Crippen LogP contribution in [0.5, 0.6) is 0 Å². The number of hydrogen-bond acceptors (Lipinski definition) is 2. The number of hydrogen-bond donors (Lipinski definition) is 0. The molecule has 1 aromatic heterocycles. The molecule has 0 spiro atoms. The summed E-state index contributed by atoms with van der Waals surface area (Å²) in [4.78, 5) is 10.9. The van der Waals surface area contributed by atoms with Crippen LogP contribution in [-0.4, -0.2) is 16.1 Å². The van der Waals surface area contributed by atoms with E-state index in [1.54, 1.807) is 10.9 Å². The van der Waals surface area contributed by atoms with Crippen LogP contribution in [0.3, 0.4) is 0 Å². The minimum Gasteiger partial charge on any atom is -0.298 e. The summed E-state index contributed by atoms with van der Waals surface area (Å²) < 4.78 is 27.5. The summed E-state index contributed by atoms with van der Waals surface area (Å²) in [6.07, 6.45) is 2.22. The molecule has 88 valence electrons. The molecule has 3 nitrogen and oxygen atoms in total. The first-order valence-corrected chi connectivity index (χ1v) is 5.13. The van der Waals surface area contributed by atoms with E-state index in [9.17, 15) is 13.6 Å². The van der Waals surface area contributed by atoms with Gasteiger partial charge in [-0.1, -0.05) is 0 Å². The third kappa shape index (κ3) is 2.08. The summed E-state index contributed by atoms with van der Waals surface area (Å²) in [5.41, 5.74) is 1.11. The predicted octanol–water partition coefficient (Wildman–Crippen LogP) is 2.66. The number of rotatable bonds is 3. The Morgan fingerprint density at radius 1 is 1.35 bits per heavy atom. The molecule has 2 aromatic rings. The van der Waals surface area contributed by atoms with Crippen molar-refractivity contribution in [2.75, 3.05) is 0 Å². The second-order valence-corrected chi connectivity index (χ2v) is 3.54. The first-order valence-electron chi connectivity index (χ1n) is 5.13. The number of aldehydes is 1. The molecule has 0 atom stereocenters. The fraction of sp³-hybridized carbons (Fsp3) is 0.167. The summed E-state index contributed by atoms with van der Waals surface area (Å²) in [6.45, 7) is 2.47. The largest absolute Gasteiger partial charge is 0.298 e. The number of halogens is 2. The van der Waals surface area contributed by atoms with Crippen LogP contribution in [0.25, 0.3) is 11.3 Å². The van der Waals surface area contributed by atoms with Crippen molar-refractivity contribution >= 4 is 6.29 Å². The number of benzene rings is 1. The van der Waals surface area contributed by atoms with Crippen LogP contribution in [0.1, 0.15) is 17.3 Å². The second-order valence-electron chi connectivity index (χ2n) is 3.54. The van der Waals surface area contributed by atoms with E-state index in [4.69, 9.17) is 0 Å². The van der Waals surface area contributed by atoms with Crippen molar-refractivity contribution in [1.29, 1.82) is 0 Å². The Hall–Kier alpha value is -2.04. The van der Waals surface area contributed by atoms with E-state index in [2.05, 4.69) is 5.10 Å². The highest BCUT2D eigenvalue weighted by molar-refractivity contribution is 5.85. The lowest BCUT2D eigenvalue weighted by molar-refractivity contribution is 0.112. The Balaban J connectivity index is 2.54. The molecule has 0 N–H and O–H groups in total. The third-order valence-corrected chi connectivity index (χ3v) is 2.43. The molecule has 1 heterocycles. The minimum absolute atomic E-state index is 0.359. The standard InChI is InChI=1S/C12H10F2N2O/c1-2-16-6-9(7-17)12(15-16)8-3-4-10(13)11(14)5-8/h3-7H,2H2,1H3. The van der Waals surface area contributed by atoms with E-state index < -0.39 is 11.6 Å². The zero-order valence-electron chi connectivity index (χ0n) is 9.15. The molecular formula is C12H10F2N2O. The molecule has 2 rings (SSSR count). The van der Waals surface area contributed by atoms with Crippen LogP contribution < -0.4 is 0 Å². The number of carbonyl (C=O) groups excluding carboxylic acids is 1. The summed E-state index contributed by atoms with van der Waals surface area (Å²) in [6, 6.07) is 3.45.